The molecule has 1 heteroatoms. The predicted molar refractivity (Wildman–Crippen MR) is 258 cm³/mol. The van der Waals surface area contributed by atoms with Crippen molar-refractivity contribution >= 4 is 17.1 Å². The Hall–Kier alpha value is -6.44. The van der Waals surface area contributed by atoms with E-state index in [1.165, 1.54) is 98.9 Å². The van der Waals surface area contributed by atoms with Crippen molar-refractivity contribution in [1.82, 2.24) is 0 Å². The number of anilines is 3. The van der Waals surface area contributed by atoms with Crippen LogP contribution in [-0.2, 0) is 10.8 Å². The minimum atomic E-state index is -0.123. The molecule has 5 atom stereocenters. The summed E-state index contributed by atoms with van der Waals surface area (Å²) in [6.07, 6.45) is 7.42. The smallest absolute Gasteiger partial charge is 0.0540 e. The number of fused-ring (bicyclic) bond motifs is 4. The van der Waals surface area contributed by atoms with Gasteiger partial charge in [0.1, 0.15) is 0 Å². The molecule has 5 unspecified atom stereocenters. The van der Waals surface area contributed by atoms with Gasteiger partial charge in [-0.1, -0.05) is 178 Å². The van der Waals surface area contributed by atoms with E-state index in [1.807, 2.05) is 0 Å². The molecule has 0 aromatic heterocycles. The molecule has 1 spiro atoms. The maximum atomic E-state index is 2.51. The highest BCUT2D eigenvalue weighted by Crippen LogP contribution is 2.86. The number of hydrogen-bond donors (Lipinski definition) is 0. The topological polar surface area (TPSA) is 3.24 Å². The average Bonchev–Trinajstić information content (AvgIpc) is 3.91. The minimum absolute atomic E-state index is 0.123. The lowest BCUT2D eigenvalue weighted by molar-refractivity contribution is -0.198. The number of hydrogen-bond acceptors (Lipinski definition) is 1. The van der Waals surface area contributed by atoms with E-state index in [0.717, 1.165) is 34.8 Å². The van der Waals surface area contributed by atoms with Gasteiger partial charge in [0, 0.05) is 27.6 Å². The average molecular weight is 798 g/mol. The van der Waals surface area contributed by atoms with Gasteiger partial charge in [0.15, 0.2) is 0 Å². The molecular formula is C61H51N. The minimum Gasteiger partial charge on any atom is -0.309 e. The van der Waals surface area contributed by atoms with E-state index >= 15 is 0 Å². The highest BCUT2D eigenvalue weighted by molar-refractivity contribution is 5.96. The highest BCUT2D eigenvalue weighted by atomic mass is 15.1. The van der Waals surface area contributed by atoms with Crippen LogP contribution in [0.3, 0.4) is 0 Å². The molecule has 13 rings (SSSR count). The highest BCUT2D eigenvalue weighted by Gasteiger charge is 2.80. The summed E-state index contributed by atoms with van der Waals surface area (Å²) >= 11 is 0. The van der Waals surface area contributed by atoms with E-state index in [1.54, 1.807) is 5.56 Å². The molecule has 4 saturated carbocycles. The second kappa shape index (κ2) is 13.3. The summed E-state index contributed by atoms with van der Waals surface area (Å²) in [4.78, 5) is 2.51. The number of nitrogens with zero attached hydrogens (tertiary/aromatic N) is 1. The zero-order valence-corrected chi connectivity index (χ0v) is 35.7. The monoisotopic (exact) mass is 797 g/mol. The van der Waals surface area contributed by atoms with Gasteiger partial charge in [-0.25, -0.2) is 0 Å². The van der Waals surface area contributed by atoms with Crippen LogP contribution >= 0.6 is 0 Å². The third kappa shape index (κ3) is 5.03. The molecule has 0 aliphatic heterocycles. The largest absolute Gasteiger partial charge is 0.309 e. The lowest BCUT2D eigenvalue weighted by atomic mass is 9.31. The first kappa shape index (κ1) is 36.2. The molecule has 4 fully saturated rings. The van der Waals surface area contributed by atoms with E-state index in [0.29, 0.717) is 10.8 Å². The van der Waals surface area contributed by atoms with Crippen molar-refractivity contribution in [2.24, 2.45) is 23.2 Å². The third-order valence-electron chi connectivity index (χ3n) is 16.8. The normalized spacial score (nSPS) is 24.1. The Morgan fingerprint density at radius 3 is 1.69 bits per heavy atom. The van der Waals surface area contributed by atoms with Crippen molar-refractivity contribution in [3.05, 3.63) is 211 Å². The van der Waals surface area contributed by atoms with Crippen molar-refractivity contribution in [2.75, 3.05) is 4.90 Å². The first-order valence-electron chi connectivity index (χ1n) is 23.0. The van der Waals surface area contributed by atoms with E-state index in [4.69, 9.17) is 0 Å². The molecule has 0 radical (unpaired) electrons. The first-order chi connectivity index (χ1) is 30.4. The maximum Gasteiger partial charge on any atom is 0.0540 e. The molecule has 8 aromatic carbocycles. The van der Waals surface area contributed by atoms with E-state index in [2.05, 4.69) is 213 Å². The Labute approximate surface area is 366 Å². The second-order valence-corrected chi connectivity index (χ2v) is 19.8. The molecule has 0 heterocycles. The summed E-state index contributed by atoms with van der Waals surface area (Å²) in [7, 11) is 0. The van der Waals surface area contributed by atoms with Crippen LogP contribution in [0, 0.1) is 23.2 Å². The molecule has 5 aliphatic carbocycles. The molecule has 0 N–H and O–H groups in total. The van der Waals surface area contributed by atoms with E-state index in [9.17, 15) is 0 Å². The number of benzene rings is 8. The standard InChI is InChI=1S/C61H51N/c1-59(2)55-19-11-9-18-52(55)53-31-30-50(36-56(53)59)62(57-20-12-10-17-51(57)44-13-5-3-6-14-44)58-32-27-46(34-54(58)45-15-7-4-8-16-45)43-23-21-41(22-24-43)42-25-28-47(29-26-42)60-37-40-33-48-35-49(39-60)61(48,60)38-40/h3-32,34,36,40,48-49H,33,35,37-39H2,1-2H3. The number of rotatable bonds is 8. The first-order valence-corrected chi connectivity index (χ1v) is 23.0. The van der Waals surface area contributed by atoms with E-state index < -0.39 is 0 Å². The molecule has 2 bridgehead atoms. The van der Waals surface area contributed by atoms with Gasteiger partial charge in [0.2, 0.25) is 0 Å². The van der Waals surface area contributed by atoms with Crippen LogP contribution < -0.4 is 4.90 Å². The Balaban J connectivity index is 0.904. The summed E-state index contributed by atoms with van der Waals surface area (Å²) in [5, 5.41) is 0. The molecule has 1 nitrogen and oxygen atoms in total. The summed E-state index contributed by atoms with van der Waals surface area (Å²) in [5.41, 5.74) is 21.3. The van der Waals surface area contributed by atoms with Gasteiger partial charge >= 0.3 is 0 Å². The molecule has 0 amide bonds. The van der Waals surface area contributed by atoms with Crippen LogP contribution in [0.2, 0.25) is 0 Å². The van der Waals surface area contributed by atoms with Gasteiger partial charge in [-0.15, -0.1) is 0 Å². The molecule has 5 aliphatic rings. The van der Waals surface area contributed by atoms with Gasteiger partial charge < -0.3 is 4.90 Å². The number of para-hydroxylation sites is 1. The summed E-state index contributed by atoms with van der Waals surface area (Å²) in [5.74, 6) is 3.01. The van der Waals surface area contributed by atoms with Crippen LogP contribution in [0.5, 0.6) is 0 Å². The zero-order chi connectivity index (χ0) is 41.2. The van der Waals surface area contributed by atoms with Crippen LogP contribution in [0.25, 0.3) is 55.6 Å². The lowest BCUT2D eigenvalue weighted by Gasteiger charge is -2.73. The lowest BCUT2D eigenvalue weighted by Crippen LogP contribution is -2.68. The Morgan fingerprint density at radius 1 is 0.403 bits per heavy atom. The van der Waals surface area contributed by atoms with Gasteiger partial charge in [0.25, 0.3) is 0 Å². The fourth-order valence-corrected chi connectivity index (χ4v) is 14.1. The molecular weight excluding hydrogens is 747 g/mol. The van der Waals surface area contributed by atoms with Gasteiger partial charge in [-0.3, -0.25) is 0 Å². The van der Waals surface area contributed by atoms with Crippen molar-refractivity contribution in [3.63, 3.8) is 0 Å². The molecule has 8 aromatic rings. The fraction of sp³-hybridized carbons (Fsp3) is 0.213. The van der Waals surface area contributed by atoms with Crippen molar-refractivity contribution < 1.29 is 0 Å². The van der Waals surface area contributed by atoms with Crippen LogP contribution in [0.15, 0.2) is 194 Å². The Kier molecular flexibility index (Phi) is 7.76. The van der Waals surface area contributed by atoms with Crippen LogP contribution in [-0.4, -0.2) is 0 Å². The van der Waals surface area contributed by atoms with Gasteiger partial charge in [-0.05, 0) is 147 Å². The maximum absolute atomic E-state index is 2.51. The fourth-order valence-electron chi connectivity index (χ4n) is 14.1. The predicted octanol–water partition coefficient (Wildman–Crippen LogP) is 16.2. The van der Waals surface area contributed by atoms with Crippen molar-refractivity contribution in [2.45, 2.75) is 56.8 Å². The SMILES string of the molecule is CC1(C)c2ccccc2-c2ccc(N(c3ccccc3-c3ccccc3)c3ccc(-c4ccc(-c5ccc(C67CC8CC9CC(C6)C97C8)cc5)cc4)cc3-c3ccccc3)cc21. The van der Waals surface area contributed by atoms with Crippen molar-refractivity contribution in [1.29, 1.82) is 0 Å². The molecule has 62 heavy (non-hydrogen) atoms. The third-order valence-corrected chi connectivity index (χ3v) is 16.8. The van der Waals surface area contributed by atoms with Gasteiger partial charge in [-0.2, -0.15) is 0 Å². The summed E-state index contributed by atoms with van der Waals surface area (Å²) in [6, 6.07) is 72.9. The Morgan fingerprint density at radius 2 is 0.984 bits per heavy atom. The second-order valence-electron chi connectivity index (χ2n) is 19.8. The van der Waals surface area contributed by atoms with Crippen LogP contribution in [0.1, 0.15) is 62.6 Å². The summed E-state index contributed by atoms with van der Waals surface area (Å²) < 4.78 is 0. The van der Waals surface area contributed by atoms with Crippen molar-refractivity contribution in [3.8, 4) is 55.6 Å². The van der Waals surface area contributed by atoms with Crippen LogP contribution in [0.4, 0.5) is 17.1 Å². The summed E-state index contributed by atoms with van der Waals surface area (Å²) in [6.45, 7) is 4.75. The molecule has 0 saturated heterocycles. The van der Waals surface area contributed by atoms with E-state index in [-0.39, 0.29) is 5.41 Å². The zero-order valence-electron chi connectivity index (χ0n) is 35.7. The van der Waals surface area contributed by atoms with Gasteiger partial charge in [0.05, 0.1) is 11.4 Å². The Bertz CT molecular complexity index is 3030. The molecule has 300 valence electrons. The quantitative estimate of drug-likeness (QED) is 0.148.